The van der Waals surface area contributed by atoms with E-state index in [2.05, 4.69) is 13.8 Å². The number of hydrogen-bond donors (Lipinski definition) is 1. The van der Waals surface area contributed by atoms with Crippen molar-refractivity contribution in [2.24, 2.45) is 5.92 Å². The SMILES string of the molecule is CCc1occc1C(O)C(C)CC. The zero-order chi connectivity index (χ0) is 9.84. The normalized spacial score (nSPS) is 15.7. The van der Waals surface area contributed by atoms with Crippen molar-refractivity contribution >= 4 is 0 Å². The minimum absolute atomic E-state index is 0.294. The van der Waals surface area contributed by atoms with Crippen molar-refractivity contribution in [3.63, 3.8) is 0 Å². The number of rotatable bonds is 4. The van der Waals surface area contributed by atoms with E-state index in [4.69, 9.17) is 4.42 Å². The molecule has 1 N–H and O–H groups in total. The molecule has 0 amide bonds. The summed E-state index contributed by atoms with van der Waals surface area (Å²) in [6.45, 7) is 6.17. The van der Waals surface area contributed by atoms with Gasteiger partial charge in [0.25, 0.3) is 0 Å². The Morgan fingerprint density at radius 2 is 2.15 bits per heavy atom. The predicted octanol–water partition coefficient (Wildman–Crippen LogP) is 2.92. The van der Waals surface area contributed by atoms with Crippen LogP contribution >= 0.6 is 0 Å². The van der Waals surface area contributed by atoms with E-state index in [1.807, 2.05) is 13.0 Å². The van der Waals surface area contributed by atoms with Crippen LogP contribution < -0.4 is 0 Å². The smallest absolute Gasteiger partial charge is 0.109 e. The monoisotopic (exact) mass is 182 g/mol. The summed E-state index contributed by atoms with van der Waals surface area (Å²) in [5, 5.41) is 9.93. The third-order valence-electron chi connectivity index (χ3n) is 2.60. The highest BCUT2D eigenvalue weighted by Gasteiger charge is 2.18. The van der Waals surface area contributed by atoms with E-state index >= 15 is 0 Å². The quantitative estimate of drug-likeness (QED) is 0.776. The molecule has 1 heterocycles. The first kappa shape index (κ1) is 10.3. The number of furan rings is 1. The summed E-state index contributed by atoms with van der Waals surface area (Å²) < 4.78 is 5.27. The van der Waals surface area contributed by atoms with Gasteiger partial charge in [0.1, 0.15) is 5.76 Å². The molecule has 0 aliphatic rings. The first-order chi connectivity index (χ1) is 6.20. The molecule has 0 aliphatic heterocycles. The van der Waals surface area contributed by atoms with E-state index in [0.29, 0.717) is 5.92 Å². The van der Waals surface area contributed by atoms with E-state index in [0.717, 1.165) is 24.2 Å². The molecule has 1 rings (SSSR count). The molecule has 2 unspecified atom stereocenters. The molecular weight excluding hydrogens is 164 g/mol. The van der Waals surface area contributed by atoms with Gasteiger partial charge < -0.3 is 9.52 Å². The molecule has 0 spiro atoms. The van der Waals surface area contributed by atoms with Crippen LogP contribution in [0.3, 0.4) is 0 Å². The van der Waals surface area contributed by atoms with Crippen molar-refractivity contribution in [3.8, 4) is 0 Å². The van der Waals surface area contributed by atoms with E-state index in [1.165, 1.54) is 0 Å². The van der Waals surface area contributed by atoms with Gasteiger partial charge in [0.05, 0.1) is 12.4 Å². The Labute approximate surface area is 79.6 Å². The summed E-state index contributed by atoms with van der Waals surface area (Å²) >= 11 is 0. The lowest BCUT2D eigenvalue weighted by Crippen LogP contribution is -2.08. The highest BCUT2D eigenvalue weighted by molar-refractivity contribution is 5.20. The van der Waals surface area contributed by atoms with Gasteiger partial charge in [-0.15, -0.1) is 0 Å². The van der Waals surface area contributed by atoms with Crippen molar-refractivity contribution in [1.82, 2.24) is 0 Å². The zero-order valence-corrected chi connectivity index (χ0v) is 8.58. The van der Waals surface area contributed by atoms with Gasteiger partial charge in [-0.2, -0.15) is 0 Å². The average molecular weight is 182 g/mol. The van der Waals surface area contributed by atoms with Crippen LogP contribution in [0.1, 0.15) is 44.6 Å². The lowest BCUT2D eigenvalue weighted by Gasteiger charge is -2.16. The maximum absolute atomic E-state index is 9.93. The lowest BCUT2D eigenvalue weighted by molar-refractivity contribution is 0.113. The Kier molecular flexibility index (Phi) is 3.55. The Bertz CT molecular complexity index is 252. The van der Waals surface area contributed by atoms with Crippen LogP contribution in [0.2, 0.25) is 0 Å². The first-order valence-corrected chi connectivity index (χ1v) is 4.95. The third-order valence-corrected chi connectivity index (χ3v) is 2.60. The summed E-state index contributed by atoms with van der Waals surface area (Å²) in [4.78, 5) is 0. The van der Waals surface area contributed by atoms with Crippen LogP contribution in [0, 0.1) is 5.92 Å². The number of aliphatic hydroxyl groups excluding tert-OH is 1. The summed E-state index contributed by atoms with van der Waals surface area (Å²) in [6, 6.07) is 1.87. The second-order valence-corrected chi connectivity index (χ2v) is 3.48. The van der Waals surface area contributed by atoms with E-state index in [1.54, 1.807) is 6.26 Å². The number of hydrogen-bond acceptors (Lipinski definition) is 2. The molecule has 0 saturated carbocycles. The minimum atomic E-state index is -0.376. The molecule has 74 valence electrons. The Balaban J connectivity index is 2.81. The van der Waals surface area contributed by atoms with Crippen LogP contribution in [0.25, 0.3) is 0 Å². The fourth-order valence-electron chi connectivity index (χ4n) is 1.43. The van der Waals surface area contributed by atoms with Crippen molar-refractivity contribution in [2.75, 3.05) is 0 Å². The van der Waals surface area contributed by atoms with Gasteiger partial charge in [0.2, 0.25) is 0 Å². The van der Waals surface area contributed by atoms with Crippen molar-refractivity contribution in [2.45, 2.75) is 39.7 Å². The third kappa shape index (κ3) is 2.13. The summed E-state index contributed by atoms with van der Waals surface area (Å²) in [5.41, 5.74) is 0.955. The summed E-state index contributed by atoms with van der Waals surface area (Å²) in [7, 11) is 0. The molecule has 2 heteroatoms. The highest BCUT2D eigenvalue weighted by atomic mass is 16.3. The molecule has 0 aromatic carbocycles. The predicted molar refractivity (Wildman–Crippen MR) is 52.5 cm³/mol. The highest BCUT2D eigenvalue weighted by Crippen LogP contribution is 2.27. The lowest BCUT2D eigenvalue weighted by atomic mass is 9.95. The van der Waals surface area contributed by atoms with Gasteiger partial charge >= 0.3 is 0 Å². The van der Waals surface area contributed by atoms with E-state index < -0.39 is 0 Å². The van der Waals surface area contributed by atoms with E-state index in [9.17, 15) is 5.11 Å². The molecule has 0 fully saturated rings. The van der Waals surface area contributed by atoms with Gasteiger partial charge in [-0.05, 0) is 12.0 Å². The molecular formula is C11H18O2. The molecule has 13 heavy (non-hydrogen) atoms. The van der Waals surface area contributed by atoms with Crippen LogP contribution in [0.15, 0.2) is 16.7 Å². The van der Waals surface area contributed by atoms with Crippen molar-refractivity contribution in [1.29, 1.82) is 0 Å². The van der Waals surface area contributed by atoms with Crippen LogP contribution in [-0.2, 0) is 6.42 Å². The Morgan fingerprint density at radius 1 is 1.46 bits per heavy atom. The van der Waals surface area contributed by atoms with Crippen molar-refractivity contribution in [3.05, 3.63) is 23.7 Å². The van der Waals surface area contributed by atoms with Gasteiger partial charge in [0.15, 0.2) is 0 Å². The Hall–Kier alpha value is -0.760. The number of aryl methyl sites for hydroxylation is 1. The molecule has 0 radical (unpaired) electrons. The first-order valence-electron chi connectivity index (χ1n) is 4.95. The van der Waals surface area contributed by atoms with E-state index in [-0.39, 0.29) is 6.10 Å². The molecule has 1 aromatic heterocycles. The summed E-state index contributed by atoms with van der Waals surface area (Å²) in [5.74, 6) is 1.20. The van der Waals surface area contributed by atoms with Gasteiger partial charge in [-0.3, -0.25) is 0 Å². The zero-order valence-electron chi connectivity index (χ0n) is 8.58. The maximum Gasteiger partial charge on any atom is 0.109 e. The minimum Gasteiger partial charge on any atom is -0.469 e. The molecule has 2 nitrogen and oxygen atoms in total. The molecule has 0 aliphatic carbocycles. The topological polar surface area (TPSA) is 33.4 Å². The standard InChI is InChI=1S/C11H18O2/c1-4-8(3)11(12)9-6-7-13-10(9)5-2/h6-8,11-12H,4-5H2,1-3H3. The van der Waals surface area contributed by atoms with Gasteiger partial charge in [-0.1, -0.05) is 27.2 Å². The van der Waals surface area contributed by atoms with Gasteiger partial charge in [0, 0.05) is 12.0 Å². The largest absolute Gasteiger partial charge is 0.469 e. The molecule has 0 saturated heterocycles. The summed E-state index contributed by atoms with van der Waals surface area (Å²) in [6.07, 6.45) is 3.10. The maximum atomic E-state index is 9.93. The fraction of sp³-hybridized carbons (Fsp3) is 0.636. The van der Waals surface area contributed by atoms with Crippen LogP contribution in [0.5, 0.6) is 0 Å². The van der Waals surface area contributed by atoms with Crippen molar-refractivity contribution < 1.29 is 9.52 Å². The van der Waals surface area contributed by atoms with Crippen LogP contribution in [-0.4, -0.2) is 5.11 Å². The number of aliphatic hydroxyl groups is 1. The van der Waals surface area contributed by atoms with Gasteiger partial charge in [-0.25, -0.2) is 0 Å². The molecule has 2 atom stereocenters. The average Bonchev–Trinajstić information content (AvgIpc) is 2.62. The molecule has 0 bridgehead atoms. The molecule has 1 aromatic rings. The van der Waals surface area contributed by atoms with Crippen LogP contribution in [0.4, 0.5) is 0 Å². The second kappa shape index (κ2) is 4.47. The second-order valence-electron chi connectivity index (χ2n) is 3.48. The fourth-order valence-corrected chi connectivity index (χ4v) is 1.43. The Morgan fingerprint density at radius 3 is 2.69 bits per heavy atom.